The Morgan fingerprint density at radius 1 is 0.914 bits per heavy atom. The Labute approximate surface area is 206 Å². The predicted molar refractivity (Wildman–Crippen MR) is 132 cm³/mol. The molecule has 4 rings (SSSR count). The quantitative estimate of drug-likeness (QED) is 0.197. The molecule has 0 fully saturated rings. The molecule has 178 valence electrons. The van der Waals surface area contributed by atoms with Crippen molar-refractivity contribution >= 4 is 46.5 Å². The molecular weight excluding hydrogens is 472 g/mol. The first-order valence-electron chi connectivity index (χ1n) is 10.9. The van der Waals surface area contributed by atoms with E-state index in [4.69, 9.17) is 11.6 Å². The summed E-state index contributed by atoms with van der Waals surface area (Å²) in [6.07, 6.45) is 1.02. The Kier molecular flexibility index (Phi) is 7.07. The van der Waals surface area contributed by atoms with E-state index in [0.29, 0.717) is 46.9 Å². The molecule has 3 aromatic rings. The van der Waals surface area contributed by atoms with Crippen molar-refractivity contribution in [1.82, 2.24) is 4.90 Å². The van der Waals surface area contributed by atoms with Crippen LogP contribution >= 0.6 is 11.6 Å². The number of urea groups is 1. The van der Waals surface area contributed by atoms with Gasteiger partial charge in [0.05, 0.1) is 16.1 Å². The number of rotatable bonds is 8. The fraction of sp³-hybridized carbons (Fsp3) is 0.160. The summed E-state index contributed by atoms with van der Waals surface area (Å²) in [5, 5.41) is 14.1. The largest absolute Gasteiger partial charge is 0.326 e. The van der Waals surface area contributed by atoms with Gasteiger partial charge in [0.25, 0.3) is 17.5 Å². The van der Waals surface area contributed by atoms with Gasteiger partial charge in [0.15, 0.2) is 0 Å². The maximum Gasteiger partial charge on any atom is 0.326 e. The van der Waals surface area contributed by atoms with Crippen LogP contribution in [-0.4, -0.2) is 40.8 Å². The molecule has 1 aliphatic rings. The Morgan fingerprint density at radius 3 is 2.09 bits per heavy atom. The number of hydrogen-bond donors (Lipinski definition) is 1. The number of carbonyl (C=O) groups is 3. The minimum atomic E-state index is -0.514. The number of nitro benzene ring substituents is 1. The predicted octanol–water partition coefficient (Wildman–Crippen LogP) is 5.36. The SMILES string of the molecule is O=C1c2ccccc2C(=O)N1CCCCN(C(=O)Nc1ccc([N+](=O)[O-])cc1)c1ccc(Cl)cc1. The minimum absolute atomic E-state index is 0.0780. The Balaban J connectivity index is 1.40. The van der Waals surface area contributed by atoms with E-state index >= 15 is 0 Å². The Bertz CT molecular complexity index is 1240. The number of carbonyl (C=O) groups excluding carboxylic acids is 3. The average molecular weight is 493 g/mol. The van der Waals surface area contributed by atoms with Gasteiger partial charge in [-0.25, -0.2) is 4.79 Å². The van der Waals surface area contributed by atoms with Crippen molar-refractivity contribution in [2.24, 2.45) is 0 Å². The summed E-state index contributed by atoms with van der Waals surface area (Å²) in [4.78, 5) is 51.2. The number of halogens is 1. The van der Waals surface area contributed by atoms with Crippen LogP contribution in [0.4, 0.5) is 21.9 Å². The van der Waals surface area contributed by atoms with E-state index in [-0.39, 0.29) is 24.0 Å². The number of benzene rings is 3. The molecule has 0 saturated carbocycles. The van der Waals surface area contributed by atoms with E-state index < -0.39 is 11.0 Å². The van der Waals surface area contributed by atoms with Gasteiger partial charge in [0, 0.05) is 41.6 Å². The molecule has 0 unspecified atom stereocenters. The van der Waals surface area contributed by atoms with Crippen LogP contribution in [0.15, 0.2) is 72.8 Å². The Morgan fingerprint density at radius 2 is 1.51 bits per heavy atom. The second kappa shape index (κ2) is 10.4. The molecule has 0 radical (unpaired) electrons. The number of anilines is 2. The highest BCUT2D eigenvalue weighted by atomic mass is 35.5. The van der Waals surface area contributed by atoms with Crippen LogP contribution in [0.25, 0.3) is 0 Å². The molecule has 0 aromatic heterocycles. The van der Waals surface area contributed by atoms with Crippen LogP contribution in [0.2, 0.25) is 5.02 Å². The van der Waals surface area contributed by atoms with Gasteiger partial charge in [-0.15, -0.1) is 0 Å². The van der Waals surface area contributed by atoms with E-state index in [1.807, 2.05) is 0 Å². The van der Waals surface area contributed by atoms with Gasteiger partial charge in [0.1, 0.15) is 0 Å². The van der Waals surface area contributed by atoms with Crippen LogP contribution in [0.5, 0.6) is 0 Å². The molecule has 0 saturated heterocycles. The number of non-ortho nitro benzene ring substituents is 1. The van der Waals surface area contributed by atoms with E-state index in [1.54, 1.807) is 48.5 Å². The summed E-state index contributed by atoms with van der Waals surface area (Å²) in [6.45, 7) is 0.550. The van der Waals surface area contributed by atoms with Gasteiger partial charge in [0.2, 0.25) is 0 Å². The molecule has 1 heterocycles. The van der Waals surface area contributed by atoms with E-state index in [2.05, 4.69) is 5.32 Å². The second-order valence-corrected chi connectivity index (χ2v) is 8.31. The average Bonchev–Trinajstić information content (AvgIpc) is 3.10. The summed E-state index contributed by atoms with van der Waals surface area (Å²) in [5.74, 6) is -0.618. The maximum atomic E-state index is 13.0. The number of nitrogens with zero attached hydrogens (tertiary/aromatic N) is 3. The van der Waals surface area contributed by atoms with Gasteiger partial charge in [-0.2, -0.15) is 0 Å². The van der Waals surface area contributed by atoms with Crippen molar-refractivity contribution in [2.75, 3.05) is 23.3 Å². The van der Waals surface area contributed by atoms with E-state index in [0.717, 1.165) is 0 Å². The van der Waals surface area contributed by atoms with Gasteiger partial charge >= 0.3 is 6.03 Å². The zero-order valence-corrected chi connectivity index (χ0v) is 19.3. The maximum absolute atomic E-state index is 13.0. The first-order chi connectivity index (χ1) is 16.8. The first-order valence-corrected chi connectivity index (χ1v) is 11.3. The Hall–Kier alpha value is -4.24. The van der Waals surface area contributed by atoms with Crippen LogP contribution in [0.1, 0.15) is 33.6 Å². The number of hydrogen-bond acceptors (Lipinski definition) is 5. The van der Waals surface area contributed by atoms with Gasteiger partial charge < -0.3 is 5.32 Å². The highest BCUT2D eigenvalue weighted by molar-refractivity contribution is 6.30. The number of nitrogens with one attached hydrogen (secondary N) is 1. The number of fused-ring (bicyclic) bond motifs is 1. The van der Waals surface area contributed by atoms with Crippen molar-refractivity contribution in [1.29, 1.82) is 0 Å². The number of unbranched alkanes of at least 4 members (excludes halogenated alkanes) is 1. The fourth-order valence-corrected chi connectivity index (χ4v) is 3.93. The lowest BCUT2D eigenvalue weighted by Gasteiger charge is -2.24. The lowest BCUT2D eigenvalue weighted by molar-refractivity contribution is -0.384. The summed E-state index contributed by atoms with van der Waals surface area (Å²) < 4.78 is 0. The molecule has 1 aliphatic heterocycles. The lowest BCUT2D eigenvalue weighted by atomic mass is 10.1. The molecule has 10 heteroatoms. The molecule has 0 aliphatic carbocycles. The van der Waals surface area contributed by atoms with Crippen LogP contribution in [0.3, 0.4) is 0 Å². The third-order valence-corrected chi connectivity index (χ3v) is 5.86. The van der Waals surface area contributed by atoms with E-state index in [9.17, 15) is 24.5 Å². The smallest absolute Gasteiger partial charge is 0.308 e. The number of nitro groups is 1. The van der Waals surface area contributed by atoms with Crippen molar-refractivity contribution in [2.45, 2.75) is 12.8 Å². The van der Waals surface area contributed by atoms with Gasteiger partial charge in [-0.1, -0.05) is 23.7 Å². The molecule has 0 atom stereocenters. The molecule has 35 heavy (non-hydrogen) atoms. The summed E-state index contributed by atoms with van der Waals surface area (Å²) in [7, 11) is 0. The topological polar surface area (TPSA) is 113 Å². The van der Waals surface area contributed by atoms with Gasteiger partial charge in [-0.05, 0) is 61.4 Å². The zero-order valence-electron chi connectivity index (χ0n) is 18.5. The molecular formula is C25H21ClN4O5. The van der Waals surface area contributed by atoms with Crippen molar-refractivity contribution in [3.05, 3.63) is 99.1 Å². The summed E-state index contributed by atoms with van der Waals surface area (Å²) in [6, 6.07) is 18.6. The highest BCUT2D eigenvalue weighted by Crippen LogP contribution is 2.24. The molecule has 0 bridgehead atoms. The zero-order chi connectivity index (χ0) is 24.9. The number of imide groups is 1. The fourth-order valence-electron chi connectivity index (χ4n) is 3.81. The van der Waals surface area contributed by atoms with Gasteiger partial charge in [-0.3, -0.25) is 29.5 Å². The lowest BCUT2D eigenvalue weighted by Crippen LogP contribution is -2.36. The molecule has 1 N–H and O–H groups in total. The number of amides is 4. The molecule has 0 spiro atoms. The minimum Gasteiger partial charge on any atom is -0.308 e. The van der Waals surface area contributed by atoms with Crippen molar-refractivity contribution in [3.63, 3.8) is 0 Å². The third-order valence-electron chi connectivity index (χ3n) is 5.60. The van der Waals surface area contributed by atoms with Crippen LogP contribution < -0.4 is 10.2 Å². The monoisotopic (exact) mass is 492 g/mol. The molecule has 9 nitrogen and oxygen atoms in total. The van der Waals surface area contributed by atoms with E-state index in [1.165, 1.54) is 34.1 Å². The normalized spacial score (nSPS) is 12.4. The van der Waals surface area contributed by atoms with Crippen molar-refractivity contribution < 1.29 is 19.3 Å². The first kappa shape index (κ1) is 23.9. The standard InChI is InChI=1S/C25H21ClN4O5/c26-17-7-11-19(12-8-17)28(25(33)27-18-9-13-20(14-10-18)30(34)35)15-3-4-16-29-23(31)21-5-1-2-6-22(21)24(29)32/h1-2,5-14H,3-4,15-16H2,(H,27,33). The van der Waals surface area contributed by atoms with Crippen molar-refractivity contribution in [3.8, 4) is 0 Å². The highest BCUT2D eigenvalue weighted by Gasteiger charge is 2.34. The summed E-state index contributed by atoms with van der Waals surface area (Å²) in [5.41, 5.74) is 1.75. The molecule has 4 amide bonds. The third kappa shape index (κ3) is 5.30. The van der Waals surface area contributed by atoms with Crippen LogP contribution in [0, 0.1) is 10.1 Å². The van der Waals surface area contributed by atoms with Crippen LogP contribution in [-0.2, 0) is 0 Å². The molecule has 3 aromatic carbocycles. The summed E-state index contributed by atoms with van der Waals surface area (Å²) >= 11 is 5.99. The second-order valence-electron chi connectivity index (χ2n) is 7.88.